The van der Waals surface area contributed by atoms with E-state index in [1.165, 1.54) is 6.92 Å². The van der Waals surface area contributed by atoms with E-state index in [-0.39, 0.29) is 25.6 Å². The quantitative estimate of drug-likeness (QED) is 0.291. The van der Waals surface area contributed by atoms with Gasteiger partial charge in [0, 0.05) is 19.3 Å². The van der Waals surface area contributed by atoms with E-state index in [9.17, 15) is 14.4 Å². The van der Waals surface area contributed by atoms with Crippen molar-refractivity contribution >= 4 is 29.4 Å². The number of carbonyl (C=O) groups is 3. The van der Waals surface area contributed by atoms with Gasteiger partial charge >= 0.3 is 11.9 Å². The van der Waals surface area contributed by atoms with Gasteiger partial charge in [0.25, 0.3) is 0 Å². The van der Waals surface area contributed by atoms with Crippen molar-refractivity contribution in [3.05, 3.63) is 12.2 Å². The smallest absolute Gasteiger partial charge is 0.340 e. The van der Waals surface area contributed by atoms with Crippen LogP contribution < -0.4 is 0 Å². The van der Waals surface area contributed by atoms with Gasteiger partial charge in [-0.05, 0) is 13.8 Å². The predicted octanol–water partition coefficient (Wildman–Crippen LogP) is 1.12. The second-order valence-corrected chi connectivity index (χ2v) is 4.01. The van der Waals surface area contributed by atoms with Crippen molar-refractivity contribution < 1.29 is 23.9 Å². The van der Waals surface area contributed by atoms with Crippen LogP contribution in [0.3, 0.4) is 0 Å². The molecule has 0 bridgehead atoms. The lowest BCUT2D eigenvalue weighted by molar-refractivity contribution is -0.166. The summed E-state index contributed by atoms with van der Waals surface area (Å²) in [4.78, 5) is 36.5. The number of nitrogens with zero attached hydrogens (tertiary/aromatic N) is 1. The molecule has 0 aromatic heterocycles. The van der Waals surface area contributed by atoms with Gasteiger partial charge in [-0.2, -0.15) is 0 Å². The summed E-state index contributed by atoms with van der Waals surface area (Å²) in [6.45, 7) is 4.79. The fourth-order valence-electron chi connectivity index (χ4n) is 1.46. The zero-order valence-electron chi connectivity index (χ0n) is 11.9. The molecule has 0 radical (unpaired) electrons. The monoisotopic (exact) mass is 305 g/mol. The van der Waals surface area contributed by atoms with Crippen LogP contribution in [0.4, 0.5) is 0 Å². The number of hydrogen-bond acceptors (Lipinski definition) is 5. The third-order valence-electron chi connectivity index (χ3n) is 2.29. The maximum atomic E-state index is 11.9. The number of hydrogen-bond donors (Lipinski definition) is 0. The molecule has 0 aliphatic heterocycles. The molecule has 0 rings (SSSR count). The standard InChI is InChI=1S/C13H20ClNO5/c1-4-19-12(17)11(13(18)20-5-2)15(10(3)16)9-7-6-8-14/h6-7,11H,4-5,8-9H2,1-3H3/b7-6-. The summed E-state index contributed by atoms with van der Waals surface area (Å²) in [6.07, 6.45) is 3.21. The molecule has 0 aromatic carbocycles. The number of allylic oxidation sites excluding steroid dienone is 1. The number of ether oxygens (including phenoxy) is 2. The molecule has 6 nitrogen and oxygen atoms in total. The maximum Gasteiger partial charge on any atom is 0.340 e. The van der Waals surface area contributed by atoms with Crippen molar-refractivity contribution in [1.82, 2.24) is 4.90 Å². The summed E-state index contributed by atoms with van der Waals surface area (Å²) >= 11 is 5.50. The Kier molecular flexibility index (Phi) is 9.45. The summed E-state index contributed by atoms with van der Waals surface area (Å²) in [5.41, 5.74) is 0. The van der Waals surface area contributed by atoms with E-state index in [4.69, 9.17) is 21.1 Å². The van der Waals surface area contributed by atoms with E-state index >= 15 is 0 Å². The van der Waals surface area contributed by atoms with Crippen LogP contribution in [-0.4, -0.2) is 54.4 Å². The highest BCUT2D eigenvalue weighted by atomic mass is 35.5. The lowest BCUT2D eigenvalue weighted by Crippen LogP contribution is -2.50. The Morgan fingerprint density at radius 2 is 1.60 bits per heavy atom. The van der Waals surface area contributed by atoms with Crippen LogP contribution in [0.1, 0.15) is 20.8 Å². The molecule has 114 valence electrons. The Morgan fingerprint density at radius 3 is 1.95 bits per heavy atom. The van der Waals surface area contributed by atoms with Crippen molar-refractivity contribution in [2.24, 2.45) is 0 Å². The van der Waals surface area contributed by atoms with Gasteiger partial charge in [0.1, 0.15) is 0 Å². The number of halogens is 1. The number of carbonyl (C=O) groups excluding carboxylic acids is 3. The molecule has 0 spiro atoms. The Labute approximate surface area is 123 Å². The lowest BCUT2D eigenvalue weighted by Gasteiger charge is -2.26. The summed E-state index contributed by atoms with van der Waals surface area (Å²) < 4.78 is 9.65. The fourth-order valence-corrected chi connectivity index (χ4v) is 1.59. The van der Waals surface area contributed by atoms with Gasteiger partial charge in [-0.1, -0.05) is 12.2 Å². The molecule has 7 heteroatoms. The highest BCUT2D eigenvalue weighted by Gasteiger charge is 2.36. The van der Waals surface area contributed by atoms with Crippen molar-refractivity contribution in [1.29, 1.82) is 0 Å². The SMILES string of the molecule is CCOC(=O)C(C(=O)OCC)N(C/C=C\CCl)C(C)=O. The Bertz CT molecular complexity index is 352. The molecule has 0 N–H and O–H groups in total. The van der Waals surface area contributed by atoms with Gasteiger partial charge in [-0.3, -0.25) is 4.79 Å². The zero-order chi connectivity index (χ0) is 15.5. The topological polar surface area (TPSA) is 72.9 Å². The third-order valence-corrected chi connectivity index (χ3v) is 2.47. The number of rotatable bonds is 8. The van der Waals surface area contributed by atoms with Gasteiger partial charge in [-0.25, -0.2) is 9.59 Å². The molecular weight excluding hydrogens is 286 g/mol. The predicted molar refractivity (Wildman–Crippen MR) is 74.3 cm³/mol. The maximum absolute atomic E-state index is 11.9. The molecule has 0 unspecified atom stereocenters. The van der Waals surface area contributed by atoms with E-state index < -0.39 is 23.9 Å². The van der Waals surface area contributed by atoms with Gasteiger partial charge < -0.3 is 14.4 Å². The Hall–Kier alpha value is -1.56. The van der Waals surface area contributed by atoms with Crippen molar-refractivity contribution in [2.75, 3.05) is 25.6 Å². The van der Waals surface area contributed by atoms with Crippen molar-refractivity contribution in [3.8, 4) is 0 Å². The normalized spacial score (nSPS) is 10.7. The van der Waals surface area contributed by atoms with E-state index in [1.807, 2.05) is 0 Å². The Morgan fingerprint density at radius 1 is 1.10 bits per heavy atom. The number of amides is 1. The van der Waals surface area contributed by atoms with E-state index in [1.54, 1.807) is 26.0 Å². The average Bonchev–Trinajstić information content (AvgIpc) is 2.38. The molecule has 0 atom stereocenters. The zero-order valence-corrected chi connectivity index (χ0v) is 12.7. The molecule has 0 saturated heterocycles. The van der Waals surface area contributed by atoms with Crippen molar-refractivity contribution in [2.45, 2.75) is 26.8 Å². The summed E-state index contributed by atoms with van der Waals surface area (Å²) in [7, 11) is 0. The summed E-state index contributed by atoms with van der Waals surface area (Å²) in [5, 5.41) is 0. The first-order valence-electron chi connectivity index (χ1n) is 6.30. The first-order chi connectivity index (χ1) is 9.49. The minimum absolute atomic E-state index is 0.0738. The van der Waals surface area contributed by atoms with E-state index in [2.05, 4.69) is 0 Å². The van der Waals surface area contributed by atoms with Gasteiger partial charge in [0.15, 0.2) is 0 Å². The highest BCUT2D eigenvalue weighted by Crippen LogP contribution is 2.07. The Balaban J connectivity index is 5.18. The second-order valence-electron chi connectivity index (χ2n) is 3.70. The van der Waals surface area contributed by atoms with Crippen LogP contribution in [0.15, 0.2) is 12.2 Å². The molecule has 1 amide bonds. The third kappa shape index (κ3) is 6.06. The largest absolute Gasteiger partial charge is 0.464 e. The molecule has 0 aromatic rings. The summed E-state index contributed by atoms with van der Waals surface area (Å²) in [6, 6.07) is -1.40. The molecular formula is C13H20ClNO5. The lowest BCUT2D eigenvalue weighted by atomic mass is 10.2. The van der Waals surface area contributed by atoms with Gasteiger partial charge in [0.05, 0.1) is 13.2 Å². The van der Waals surface area contributed by atoms with Crippen LogP contribution in [0, 0.1) is 0 Å². The highest BCUT2D eigenvalue weighted by molar-refractivity contribution is 6.18. The number of esters is 2. The fraction of sp³-hybridized carbons (Fsp3) is 0.615. The molecule has 0 saturated carbocycles. The van der Waals surface area contributed by atoms with Crippen molar-refractivity contribution in [3.63, 3.8) is 0 Å². The molecule has 0 aliphatic rings. The minimum Gasteiger partial charge on any atom is -0.464 e. The van der Waals surface area contributed by atoms with Crippen LogP contribution in [-0.2, 0) is 23.9 Å². The van der Waals surface area contributed by atoms with Crippen LogP contribution >= 0.6 is 11.6 Å². The van der Waals surface area contributed by atoms with E-state index in [0.29, 0.717) is 0 Å². The van der Waals surface area contributed by atoms with Crippen LogP contribution in [0.25, 0.3) is 0 Å². The molecule has 0 fully saturated rings. The summed E-state index contributed by atoms with van der Waals surface area (Å²) in [5.74, 6) is -1.77. The van der Waals surface area contributed by atoms with Crippen LogP contribution in [0.2, 0.25) is 0 Å². The molecule has 20 heavy (non-hydrogen) atoms. The first kappa shape index (κ1) is 18.4. The second kappa shape index (κ2) is 10.3. The molecule has 0 heterocycles. The van der Waals surface area contributed by atoms with E-state index in [0.717, 1.165) is 4.90 Å². The van der Waals surface area contributed by atoms with Gasteiger partial charge in [-0.15, -0.1) is 11.6 Å². The first-order valence-corrected chi connectivity index (χ1v) is 6.84. The van der Waals surface area contributed by atoms with Crippen LogP contribution in [0.5, 0.6) is 0 Å². The number of alkyl halides is 1. The van der Waals surface area contributed by atoms with Gasteiger partial charge in [0.2, 0.25) is 11.9 Å². The minimum atomic E-state index is -1.40. The average molecular weight is 306 g/mol. The molecule has 0 aliphatic carbocycles.